The molecule has 0 spiro atoms. The fourth-order valence-corrected chi connectivity index (χ4v) is 6.55. The molecule has 0 aliphatic carbocycles. The Morgan fingerprint density at radius 1 is 0.471 bits per heavy atom. The van der Waals surface area contributed by atoms with Crippen molar-refractivity contribution in [3.05, 3.63) is 36.5 Å². The van der Waals surface area contributed by atoms with E-state index in [0.29, 0.717) is 19.3 Å². The number of carbonyl (C=O) groups is 1. The smallest absolute Gasteiger partial charge is 0.249 e. The highest BCUT2D eigenvalue weighted by atomic mass is 16.3. The molecule has 0 bridgehead atoms. The molecule has 4 unspecified atom stereocenters. The largest absolute Gasteiger partial charge is 0.394 e. The summed E-state index contributed by atoms with van der Waals surface area (Å²) in [4.78, 5) is 12.5. The summed E-state index contributed by atoms with van der Waals surface area (Å²) in [5.41, 5.74) is 0. The SMILES string of the molecule is CCCCCC/C=C/CC/C=C/CC/C=C/CCCC(O)C(O)C(CO)NC(=O)C(O)CCCCCCCCCCCCCCCCCCCC. The number of amides is 1. The van der Waals surface area contributed by atoms with Gasteiger partial charge in [-0.05, 0) is 64.2 Å². The van der Waals surface area contributed by atoms with Gasteiger partial charge in [-0.15, -0.1) is 0 Å². The first-order valence-corrected chi connectivity index (χ1v) is 21.9. The molecule has 6 nitrogen and oxygen atoms in total. The maximum atomic E-state index is 12.5. The Kier molecular flexibility index (Phi) is 38.6. The van der Waals surface area contributed by atoms with Gasteiger partial charge in [0.05, 0.1) is 18.8 Å². The molecule has 0 aliphatic rings. The number of rotatable bonds is 39. The van der Waals surface area contributed by atoms with Gasteiger partial charge in [0, 0.05) is 0 Å². The van der Waals surface area contributed by atoms with Crippen LogP contribution in [-0.2, 0) is 4.79 Å². The quantitative estimate of drug-likeness (QED) is 0.0321. The van der Waals surface area contributed by atoms with E-state index < -0.39 is 36.9 Å². The third-order valence-electron chi connectivity index (χ3n) is 10.1. The summed E-state index contributed by atoms with van der Waals surface area (Å²) < 4.78 is 0. The third-order valence-corrected chi connectivity index (χ3v) is 10.1. The first kappa shape index (κ1) is 49.5. The van der Waals surface area contributed by atoms with Gasteiger partial charge in [0.2, 0.25) is 5.91 Å². The van der Waals surface area contributed by atoms with Crippen molar-refractivity contribution in [1.82, 2.24) is 5.32 Å². The van der Waals surface area contributed by atoms with Crippen LogP contribution >= 0.6 is 0 Å². The fourth-order valence-electron chi connectivity index (χ4n) is 6.55. The van der Waals surface area contributed by atoms with Crippen LogP contribution < -0.4 is 5.32 Å². The maximum absolute atomic E-state index is 12.5. The zero-order chi connectivity index (χ0) is 37.5. The van der Waals surface area contributed by atoms with Crippen molar-refractivity contribution in [2.75, 3.05) is 6.61 Å². The van der Waals surface area contributed by atoms with Crippen LogP contribution in [0.4, 0.5) is 0 Å². The third kappa shape index (κ3) is 34.1. The first-order chi connectivity index (χ1) is 25.0. The van der Waals surface area contributed by atoms with Crippen LogP contribution in [0.3, 0.4) is 0 Å². The highest BCUT2D eigenvalue weighted by molar-refractivity contribution is 5.80. The normalized spacial score (nSPS) is 14.5. The zero-order valence-corrected chi connectivity index (χ0v) is 33.6. The van der Waals surface area contributed by atoms with Crippen LogP contribution in [0.15, 0.2) is 36.5 Å². The monoisotopic (exact) mass is 720 g/mol. The minimum Gasteiger partial charge on any atom is -0.394 e. The number of nitrogens with one attached hydrogen (secondary N) is 1. The van der Waals surface area contributed by atoms with Crippen molar-refractivity contribution in [3.8, 4) is 0 Å². The van der Waals surface area contributed by atoms with Crippen LogP contribution in [0, 0.1) is 0 Å². The standard InChI is InChI=1S/C45H85NO5/c1-3-5-7-9-11-13-15-17-19-21-23-25-27-29-31-33-35-37-39-43(49)45(51)46-41(40-47)44(50)42(48)38-36-34-32-30-28-26-24-22-20-18-16-14-12-10-8-6-4-2/h14,16,22,24,30,32,41-44,47-50H,3-13,15,17-21,23,25-29,31,33-40H2,1-2H3,(H,46,51)/b16-14+,24-22+,32-30+. The van der Waals surface area contributed by atoms with Crippen molar-refractivity contribution < 1.29 is 25.2 Å². The fraction of sp³-hybridized carbons (Fsp3) is 0.844. The van der Waals surface area contributed by atoms with E-state index in [-0.39, 0.29) is 0 Å². The molecule has 6 heteroatoms. The molecule has 300 valence electrons. The topological polar surface area (TPSA) is 110 Å². The molecule has 5 N–H and O–H groups in total. The number of aliphatic hydroxyl groups is 4. The van der Waals surface area contributed by atoms with Gasteiger partial charge in [0.1, 0.15) is 12.2 Å². The Bertz CT molecular complexity index is 812. The first-order valence-electron chi connectivity index (χ1n) is 21.9. The average molecular weight is 720 g/mol. The number of unbranched alkanes of at least 4 members (excludes halogenated alkanes) is 24. The second kappa shape index (κ2) is 39.7. The van der Waals surface area contributed by atoms with E-state index in [1.807, 2.05) is 0 Å². The molecular formula is C45H85NO5. The second-order valence-electron chi connectivity index (χ2n) is 15.0. The molecule has 4 atom stereocenters. The number of allylic oxidation sites excluding steroid dienone is 6. The molecule has 0 rings (SSSR count). The van der Waals surface area contributed by atoms with Gasteiger partial charge in [-0.1, -0.05) is 185 Å². The summed E-state index contributed by atoms with van der Waals surface area (Å²) in [6.07, 6.45) is 46.0. The van der Waals surface area contributed by atoms with Crippen LogP contribution in [0.1, 0.15) is 213 Å². The lowest BCUT2D eigenvalue weighted by atomic mass is 10.00. The van der Waals surface area contributed by atoms with Crippen LogP contribution in [-0.4, -0.2) is 57.3 Å². The highest BCUT2D eigenvalue weighted by Gasteiger charge is 2.28. The van der Waals surface area contributed by atoms with E-state index in [1.54, 1.807) is 0 Å². The summed E-state index contributed by atoms with van der Waals surface area (Å²) in [6.45, 7) is 4.02. The molecule has 0 heterocycles. The van der Waals surface area contributed by atoms with E-state index in [9.17, 15) is 25.2 Å². The van der Waals surface area contributed by atoms with Gasteiger partial charge >= 0.3 is 0 Å². The van der Waals surface area contributed by atoms with Crippen molar-refractivity contribution in [3.63, 3.8) is 0 Å². The van der Waals surface area contributed by atoms with Gasteiger partial charge < -0.3 is 25.7 Å². The van der Waals surface area contributed by atoms with Crippen LogP contribution in [0.2, 0.25) is 0 Å². The van der Waals surface area contributed by atoms with Crippen LogP contribution in [0.5, 0.6) is 0 Å². The Hall–Kier alpha value is -1.47. The predicted octanol–water partition coefficient (Wildman–Crippen LogP) is 11.3. The number of hydrogen-bond donors (Lipinski definition) is 5. The number of hydrogen-bond acceptors (Lipinski definition) is 5. The minimum atomic E-state index is -1.29. The number of aliphatic hydroxyl groups excluding tert-OH is 4. The summed E-state index contributed by atoms with van der Waals surface area (Å²) >= 11 is 0. The molecule has 1 amide bonds. The molecule has 0 aliphatic heterocycles. The summed E-state index contributed by atoms with van der Waals surface area (Å²) in [5, 5.41) is 43.6. The van der Waals surface area contributed by atoms with E-state index in [1.165, 1.54) is 128 Å². The second-order valence-corrected chi connectivity index (χ2v) is 15.0. The van der Waals surface area contributed by atoms with E-state index in [4.69, 9.17) is 0 Å². The summed E-state index contributed by atoms with van der Waals surface area (Å²) in [6, 6.07) is -1.01. The lowest BCUT2D eigenvalue weighted by Gasteiger charge is -2.27. The molecule has 0 radical (unpaired) electrons. The molecule has 0 fully saturated rings. The predicted molar refractivity (Wildman–Crippen MR) is 219 cm³/mol. The maximum Gasteiger partial charge on any atom is 0.249 e. The zero-order valence-electron chi connectivity index (χ0n) is 33.6. The summed E-state index contributed by atoms with van der Waals surface area (Å²) in [5.74, 6) is -0.599. The Balaban J connectivity index is 3.81. The Morgan fingerprint density at radius 3 is 1.24 bits per heavy atom. The Labute approximate surface area is 316 Å². The highest BCUT2D eigenvalue weighted by Crippen LogP contribution is 2.16. The van der Waals surface area contributed by atoms with Crippen molar-refractivity contribution in [1.29, 1.82) is 0 Å². The molecule has 0 aromatic heterocycles. The average Bonchev–Trinajstić information content (AvgIpc) is 3.13. The van der Waals surface area contributed by atoms with Crippen molar-refractivity contribution in [2.24, 2.45) is 0 Å². The molecule has 0 saturated carbocycles. The van der Waals surface area contributed by atoms with Gasteiger partial charge in [0.15, 0.2) is 0 Å². The molecular weight excluding hydrogens is 634 g/mol. The van der Waals surface area contributed by atoms with Gasteiger partial charge in [-0.2, -0.15) is 0 Å². The van der Waals surface area contributed by atoms with Gasteiger partial charge in [0.25, 0.3) is 0 Å². The Morgan fingerprint density at radius 2 is 0.824 bits per heavy atom. The van der Waals surface area contributed by atoms with E-state index in [2.05, 4.69) is 55.6 Å². The van der Waals surface area contributed by atoms with E-state index in [0.717, 1.165) is 51.4 Å². The van der Waals surface area contributed by atoms with Crippen molar-refractivity contribution in [2.45, 2.75) is 237 Å². The molecule has 0 aromatic carbocycles. The summed E-state index contributed by atoms with van der Waals surface area (Å²) in [7, 11) is 0. The lowest BCUT2D eigenvalue weighted by molar-refractivity contribution is -0.132. The van der Waals surface area contributed by atoms with Gasteiger partial charge in [-0.25, -0.2) is 0 Å². The van der Waals surface area contributed by atoms with Crippen LogP contribution in [0.25, 0.3) is 0 Å². The lowest BCUT2D eigenvalue weighted by Crippen LogP contribution is -2.53. The number of carbonyl (C=O) groups excluding carboxylic acids is 1. The molecule has 51 heavy (non-hydrogen) atoms. The molecule has 0 aromatic rings. The van der Waals surface area contributed by atoms with E-state index >= 15 is 0 Å². The minimum absolute atomic E-state index is 0.361. The van der Waals surface area contributed by atoms with Crippen molar-refractivity contribution >= 4 is 5.91 Å². The molecule has 0 saturated heterocycles. The van der Waals surface area contributed by atoms with Gasteiger partial charge in [-0.3, -0.25) is 4.79 Å².